The molecule has 0 spiro atoms. The van der Waals surface area contributed by atoms with Crippen LogP contribution in [0.4, 0.5) is 16.4 Å². The molecule has 2 aliphatic rings. The second kappa shape index (κ2) is 9.60. The maximum Gasteiger partial charge on any atom is 0.410 e. The first kappa shape index (κ1) is 26.7. The standard InChI is InChI=1S/C24H37N5O6/c1-14(16-10-9-11-28(16)22(32)35-23(2,3)4)29-17(30)12-15-19(27(7)13-24(5,6)33)25-18(21(31)34-8)26-20(15)29/h14,16,33H,9-13H2,1-8H3/t14-,16-/m0/s1. The van der Waals surface area contributed by atoms with E-state index in [1.807, 2.05) is 27.7 Å². The van der Waals surface area contributed by atoms with E-state index in [1.165, 1.54) is 7.11 Å². The van der Waals surface area contributed by atoms with Crippen molar-refractivity contribution in [3.8, 4) is 0 Å². The summed E-state index contributed by atoms with van der Waals surface area (Å²) in [7, 11) is 2.97. The molecular weight excluding hydrogens is 454 g/mol. The molecule has 11 heteroatoms. The van der Waals surface area contributed by atoms with Crippen LogP contribution in [0.2, 0.25) is 0 Å². The molecule has 1 saturated heterocycles. The van der Waals surface area contributed by atoms with Crippen molar-refractivity contribution in [2.24, 2.45) is 0 Å². The second-order valence-electron chi connectivity index (χ2n) is 10.9. The molecule has 1 N–H and O–H groups in total. The van der Waals surface area contributed by atoms with Crippen LogP contribution in [0.5, 0.6) is 0 Å². The molecule has 2 amide bonds. The van der Waals surface area contributed by atoms with Gasteiger partial charge in [0.2, 0.25) is 11.7 Å². The summed E-state index contributed by atoms with van der Waals surface area (Å²) < 4.78 is 10.4. The number of hydrogen-bond acceptors (Lipinski definition) is 9. The Morgan fingerprint density at radius 1 is 1.23 bits per heavy atom. The van der Waals surface area contributed by atoms with E-state index in [2.05, 4.69) is 9.97 Å². The number of likely N-dealkylation sites (N-methyl/N-ethyl adjacent to an activating group) is 1. The van der Waals surface area contributed by atoms with Gasteiger partial charge in [-0.1, -0.05) is 0 Å². The zero-order chi connectivity index (χ0) is 26.3. The first-order valence-corrected chi connectivity index (χ1v) is 11.9. The van der Waals surface area contributed by atoms with Gasteiger partial charge >= 0.3 is 12.1 Å². The molecule has 3 heterocycles. The van der Waals surface area contributed by atoms with Gasteiger partial charge in [0.05, 0.1) is 31.2 Å². The quantitative estimate of drug-likeness (QED) is 0.596. The van der Waals surface area contributed by atoms with Gasteiger partial charge in [-0.15, -0.1) is 0 Å². The number of aromatic nitrogens is 2. The summed E-state index contributed by atoms with van der Waals surface area (Å²) in [4.78, 5) is 52.2. The van der Waals surface area contributed by atoms with E-state index in [-0.39, 0.29) is 30.7 Å². The van der Waals surface area contributed by atoms with Gasteiger partial charge in [-0.3, -0.25) is 9.69 Å². The number of hydrogen-bond donors (Lipinski definition) is 1. The number of amides is 2. The Kier molecular flexibility index (Phi) is 7.31. The van der Waals surface area contributed by atoms with Gasteiger partial charge in [0.25, 0.3) is 0 Å². The Morgan fingerprint density at radius 3 is 2.46 bits per heavy atom. The lowest BCUT2D eigenvalue weighted by atomic mass is 10.1. The Balaban J connectivity index is 2.01. The van der Waals surface area contributed by atoms with Crippen LogP contribution in [0.1, 0.15) is 70.6 Å². The molecule has 2 aliphatic heterocycles. The molecule has 0 unspecified atom stereocenters. The van der Waals surface area contributed by atoms with Crippen LogP contribution >= 0.6 is 0 Å². The highest BCUT2D eigenvalue weighted by molar-refractivity contribution is 6.03. The van der Waals surface area contributed by atoms with Gasteiger partial charge in [0.1, 0.15) is 17.2 Å². The Labute approximate surface area is 206 Å². The number of carbonyl (C=O) groups excluding carboxylic acids is 3. The first-order valence-electron chi connectivity index (χ1n) is 11.9. The Bertz CT molecular complexity index is 999. The van der Waals surface area contributed by atoms with Gasteiger partial charge in [-0.2, -0.15) is 0 Å². The van der Waals surface area contributed by atoms with Crippen molar-refractivity contribution in [2.75, 3.05) is 37.0 Å². The van der Waals surface area contributed by atoms with Gasteiger partial charge in [-0.05, 0) is 54.4 Å². The molecular formula is C24H37N5O6. The van der Waals surface area contributed by atoms with Crippen LogP contribution < -0.4 is 9.80 Å². The zero-order valence-electron chi connectivity index (χ0n) is 21.9. The number of carbonyl (C=O) groups is 3. The number of methoxy groups -OCH3 is 1. The number of anilines is 2. The van der Waals surface area contributed by atoms with E-state index in [0.29, 0.717) is 30.2 Å². The minimum Gasteiger partial charge on any atom is -0.463 e. The number of fused-ring (bicyclic) bond motifs is 1. The maximum atomic E-state index is 13.3. The van der Waals surface area contributed by atoms with Crippen molar-refractivity contribution in [2.45, 2.75) is 84.1 Å². The van der Waals surface area contributed by atoms with Crippen LogP contribution in [0.15, 0.2) is 0 Å². The SMILES string of the molecule is COC(=O)c1nc(N(C)CC(C)(C)O)c2c(n1)N([C@@H](C)[C@@H]1CCCN1C(=O)OC(C)(C)C)C(=O)C2. The third-order valence-electron chi connectivity index (χ3n) is 6.03. The lowest BCUT2D eigenvalue weighted by Crippen LogP contribution is -2.51. The predicted octanol–water partition coefficient (Wildman–Crippen LogP) is 2.15. The number of ether oxygens (including phenoxy) is 2. The lowest BCUT2D eigenvalue weighted by molar-refractivity contribution is -0.118. The van der Waals surface area contributed by atoms with Crippen molar-refractivity contribution in [3.63, 3.8) is 0 Å². The molecule has 2 atom stereocenters. The van der Waals surface area contributed by atoms with E-state index < -0.39 is 29.3 Å². The van der Waals surface area contributed by atoms with Gasteiger partial charge < -0.3 is 24.4 Å². The number of aliphatic hydroxyl groups is 1. The number of rotatable bonds is 6. The molecule has 194 valence electrons. The number of esters is 1. The molecule has 0 aliphatic carbocycles. The number of likely N-dealkylation sites (tertiary alicyclic amines) is 1. The molecule has 1 aromatic heterocycles. The fourth-order valence-corrected chi connectivity index (χ4v) is 4.76. The van der Waals surface area contributed by atoms with Crippen LogP contribution in [-0.2, 0) is 20.7 Å². The summed E-state index contributed by atoms with van der Waals surface area (Å²) in [6.45, 7) is 11.4. The van der Waals surface area contributed by atoms with Crippen molar-refractivity contribution in [3.05, 3.63) is 11.4 Å². The Morgan fingerprint density at radius 2 is 1.89 bits per heavy atom. The van der Waals surface area contributed by atoms with Crippen LogP contribution in [0.3, 0.4) is 0 Å². The third-order valence-corrected chi connectivity index (χ3v) is 6.03. The minimum absolute atomic E-state index is 0.0474. The first-order chi connectivity index (χ1) is 16.1. The summed E-state index contributed by atoms with van der Waals surface area (Å²) in [5, 5.41) is 10.3. The van der Waals surface area contributed by atoms with Crippen molar-refractivity contribution in [1.82, 2.24) is 14.9 Å². The molecule has 0 saturated carbocycles. The van der Waals surface area contributed by atoms with E-state index in [0.717, 1.165) is 6.42 Å². The number of nitrogens with zero attached hydrogens (tertiary/aromatic N) is 5. The molecule has 1 aromatic rings. The maximum absolute atomic E-state index is 13.3. The van der Waals surface area contributed by atoms with Crippen molar-refractivity contribution >= 4 is 29.6 Å². The van der Waals surface area contributed by atoms with Crippen molar-refractivity contribution in [1.29, 1.82) is 0 Å². The van der Waals surface area contributed by atoms with E-state index in [4.69, 9.17) is 9.47 Å². The highest BCUT2D eigenvalue weighted by Gasteiger charge is 2.44. The lowest BCUT2D eigenvalue weighted by Gasteiger charge is -2.36. The van der Waals surface area contributed by atoms with Crippen LogP contribution in [0.25, 0.3) is 0 Å². The van der Waals surface area contributed by atoms with E-state index in [9.17, 15) is 19.5 Å². The molecule has 35 heavy (non-hydrogen) atoms. The molecule has 11 nitrogen and oxygen atoms in total. The van der Waals surface area contributed by atoms with Crippen molar-refractivity contribution < 1.29 is 29.0 Å². The van der Waals surface area contributed by atoms with E-state index >= 15 is 0 Å². The van der Waals surface area contributed by atoms with Crippen LogP contribution in [-0.4, -0.2) is 88.5 Å². The van der Waals surface area contributed by atoms with E-state index in [1.54, 1.807) is 35.6 Å². The molecule has 1 fully saturated rings. The summed E-state index contributed by atoms with van der Waals surface area (Å²) in [6.07, 6.45) is 1.13. The Hall–Kier alpha value is -2.95. The monoisotopic (exact) mass is 491 g/mol. The average molecular weight is 492 g/mol. The topological polar surface area (TPSA) is 125 Å². The highest BCUT2D eigenvalue weighted by atomic mass is 16.6. The van der Waals surface area contributed by atoms with Crippen LogP contribution in [0, 0.1) is 0 Å². The third kappa shape index (κ3) is 5.83. The zero-order valence-corrected chi connectivity index (χ0v) is 21.9. The smallest absolute Gasteiger partial charge is 0.410 e. The second-order valence-corrected chi connectivity index (χ2v) is 10.9. The predicted molar refractivity (Wildman–Crippen MR) is 130 cm³/mol. The molecule has 0 bridgehead atoms. The molecule has 0 aromatic carbocycles. The summed E-state index contributed by atoms with van der Waals surface area (Å²) >= 11 is 0. The molecule has 3 rings (SSSR count). The van der Waals surface area contributed by atoms with Gasteiger partial charge in [0.15, 0.2) is 0 Å². The van der Waals surface area contributed by atoms with Gasteiger partial charge in [0, 0.05) is 25.7 Å². The summed E-state index contributed by atoms with van der Waals surface area (Å²) in [5.74, 6) is -0.389. The minimum atomic E-state index is -1.04. The largest absolute Gasteiger partial charge is 0.463 e. The fourth-order valence-electron chi connectivity index (χ4n) is 4.76. The average Bonchev–Trinajstić information content (AvgIpc) is 3.33. The normalized spacial score (nSPS) is 19.0. The highest BCUT2D eigenvalue weighted by Crippen LogP contribution is 2.37. The molecule has 0 radical (unpaired) electrons. The fraction of sp³-hybridized carbons (Fsp3) is 0.708. The van der Waals surface area contributed by atoms with Gasteiger partial charge in [-0.25, -0.2) is 19.6 Å². The summed E-state index contributed by atoms with van der Waals surface area (Å²) in [5.41, 5.74) is -1.10. The summed E-state index contributed by atoms with van der Waals surface area (Å²) in [6, 6.07) is -0.680.